The van der Waals surface area contributed by atoms with Crippen molar-refractivity contribution < 1.29 is 26.7 Å². The van der Waals surface area contributed by atoms with Gasteiger partial charge in [-0.05, 0) is 58.7 Å². The summed E-state index contributed by atoms with van der Waals surface area (Å²) in [5.41, 5.74) is 2.53. The fraction of sp³-hybridized carbons (Fsp3) is 0.0870. The molecule has 1 N–H and O–H groups in total. The zero-order chi connectivity index (χ0) is 22.8. The molecule has 6 nitrogen and oxygen atoms in total. The maximum Gasteiger partial charge on any atom is 0.336 e. The molecule has 0 bridgehead atoms. The van der Waals surface area contributed by atoms with Crippen LogP contribution in [-0.4, -0.2) is 40.4 Å². The molecule has 0 spiro atoms. The first-order valence-corrected chi connectivity index (χ1v) is 12.9. The van der Waals surface area contributed by atoms with Crippen LogP contribution in [0.3, 0.4) is 0 Å². The first-order chi connectivity index (χ1) is 14.4. The SMILES string of the molecule is CS(=O)(=O)c1ccc(/C=C(/C(=O)O)c2cccc(-c3ccc(S(C)(=O)=O)cc3)c2)cc1. The summed E-state index contributed by atoms with van der Waals surface area (Å²) in [7, 11) is -6.65. The highest BCUT2D eigenvalue weighted by Crippen LogP contribution is 2.27. The Morgan fingerprint density at radius 2 is 1.26 bits per heavy atom. The van der Waals surface area contributed by atoms with Gasteiger partial charge in [-0.15, -0.1) is 0 Å². The van der Waals surface area contributed by atoms with Crippen molar-refractivity contribution in [2.45, 2.75) is 9.79 Å². The van der Waals surface area contributed by atoms with Crippen LogP contribution in [0.15, 0.2) is 82.6 Å². The molecule has 0 heterocycles. The fourth-order valence-corrected chi connectivity index (χ4v) is 4.27. The fourth-order valence-electron chi connectivity index (χ4n) is 3.01. The zero-order valence-corrected chi connectivity index (χ0v) is 18.4. The summed E-state index contributed by atoms with van der Waals surface area (Å²) in [5.74, 6) is -1.13. The monoisotopic (exact) mass is 456 g/mol. The molecule has 0 aliphatic carbocycles. The van der Waals surface area contributed by atoms with Crippen LogP contribution in [0.4, 0.5) is 0 Å². The van der Waals surface area contributed by atoms with E-state index in [-0.39, 0.29) is 15.4 Å². The molecule has 0 amide bonds. The summed E-state index contributed by atoms with van der Waals surface area (Å²) >= 11 is 0. The summed E-state index contributed by atoms with van der Waals surface area (Å²) in [4.78, 5) is 12.3. The van der Waals surface area contributed by atoms with Gasteiger partial charge in [-0.2, -0.15) is 0 Å². The van der Waals surface area contributed by atoms with E-state index in [4.69, 9.17) is 0 Å². The molecule has 3 aromatic rings. The largest absolute Gasteiger partial charge is 0.478 e. The van der Waals surface area contributed by atoms with Gasteiger partial charge in [0, 0.05) is 12.5 Å². The maximum atomic E-state index is 11.9. The third kappa shape index (κ3) is 5.48. The van der Waals surface area contributed by atoms with Gasteiger partial charge in [-0.3, -0.25) is 0 Å². The lowest BCUT2D eigenvalue weighted by atomic mass is 9.98. The quantitative estimate of drug-likeness (QED) is 0.447. The molecule has 3 aromatic carbocycles. The molecule has 8 heteroatoms. The van der Waals surface area contributed by atoms with Crippen molar-refractivity contribution in [3.63, 3.8) is 0 Å². The number of hydrogen-bond acceptors (Lipinski definition) is 5. The minimum Gasteiger partial charge on any atom is -0.478 e. The third-order valence-corrected chi connectivity index (χ3v) is 6.90. The molecule has 0 atom stereocenters. The topological polar surface area (TPSA) is 106 Å². The molecule has 31 heavy (non-hydrogen) atoms. The molecule has 0 fully saturated rings. The Hall–Kier alpha value is -3.23. The lowest BCUT2D eigenvalue weighted by molar-refractivity contribution is -0.130. The second-order valence-electron chi connectivity index (χ2n) is 7.08. The van der Waals surface area contributed by atoms with Gasteiger partial charge < -0.3 is 5.11 Å². The summed E-state index contributed by atoms with van der Waals surface area (Å²) in [6, 6.07) is 19.2. The van der Waals surface area contributed by atoms with Gasteiger partial charge in [0.2, 0.25) is 0 Å². The van der Waals surface area contributed by atoms with Crippen molar-refractivity contribution in [3.05, 3.63) is 83.9 Å². The molecule has 0 aliphatic rings. The molecule has 160 valence electrons. The van der Waals surface area contributed by atoms with Gasteiger partial charge in [-0.25, -0.2) is 21.6 Å². The molecular formula is C23H20O6S2. The number of carboxylic acids is 1. The predicted octanol–water partition coefficient (Wildman–Crippen LogP) is 3.79. The van der Waals surface area contributed by atoms with Gasteiger partial charge in [0.05, 0.1) is 15.4 Å². The van der Waals surface area contributed by atoms with E-state index in [9.17, 15) is 26.7 Å². The molecule has 0 saturated carbocycles. The second-order valence-corrected chi connectivity index (χ2v) is 11.1. The van der Waals surface area contributed by atoms with Crippen molar-refractivity contribution in [2.24, 2.45) is 0 Å². The van der Waals surface area contributed by atoms with Crippen molar-refractivity contribution in [1.82, 2.24) is 0 Å². The average Bonchev–Trinajstić information content (AvgIpc) is 2.71. The van der Waals surface area contributed by atoms with Gasteiger partial charge in [-0.1, -0.05) is 42.5 Å². The highest BCUT2D eigenvalue weighted by molar-refractivity contribution is 7.91. The van der Waals surface area contributed by atoms with E-state index in [0.717, 1.165) is 23.6 Å². The number of carbonyl (C=O) groups is 1. The van der Waals surface area contributed by atoms with Crippen LogP contribution in [0.2, 0.25) is 0 Å². The molecule has 0 unspecified atom stereocenters. The summed E-state index contributed by atoms with van der Waals surface area (Å²) < 4.78 is 46.5. The Kier molecular flexibility index (Phi) is 6.15. The molecule has 0 saturated heterocycles. The molecule has 0 radical (unpaired) electrons. The van der Waals surface area contributed by atoms with Crippen LogP contribution in [0, 0.1) is 0 Å². The van der Waals surface area contributed by atoms with Crippen molar-refractivity contribution >= 4 is 37.3 Å². The number of benzene rings is 3. The maximum absolute atomic E-state index is 11.9. The Morgan fingerprint density at radius 3 is 1.74 bits per heavy atom. The summed E-state index contributed by atoms with van der Waals surface area (Å²) in [5, 5.41) is 9.73. The van der Waals surface area contributed by atoms with E-state index in [1.807, 2.05) is 0 Å². The average molecular weight is 457 g/mol. The van der Waals surface area contributed by atoms with Crippen molar-refractivity contribution in [2.75, 3.05) is 12.5 Å². The first kappa shape index (κ1) is 22.5. The van der Waals surface area contributed by atoms with Crippen LogP contribution in [0.25, 0.3) is 22.8 Å². The summed E-state index contributed by atoms with van der Waals surface area (Å²) in [6.45, 7) is 0. The van der Waals surface area contributed by atoms with Crippen molar-refractivity contribution in [1.29, 1.82) is 0 Å². The van der Waals surface area contributed by atoms with Gasteiger partial charge in [0.15, 0.2) is 19.7 Å². The van der Waals surface area contributed by atoms with Crippen LogP contribution in [-0.2, 0) is 24.5 Å². The Morgan fingerprint density at radius 1 is 0.742 bits per heavy atom. The highest BCUT2D eigenvalue weighted by atomic mass is 32.2. The van der Waals surface area contributed by atoms with Crippen LogP contribution < -0.4 is 0 Å². The second kappa shape index (κ2) is 8.49. The number of hydrogen-bond donors (Lipinski definition) is 1. The Balaban J connectivity index is 2.00. The Bertz CT molecular complexity index is 1370. The van der Waals surface area contributed by atoms with Gasteiger partial charge in [0.25, 0.3) is 0 Å². The van der Waals surface area contributed by atoms with E-state index in [1.165, 1.54) is 30.3 Å². The third-order valence-electron chi connectivity index (χ3n) is 4.64. The number of sulfone groups is 2. The molecule has 0 aliphatic heterocycles. The Labute approximate surface area is 181 Å². The minimum atomic E-state index is -3.34. The number of rotatable bonds is 6. The summed E-state index contributed by atoms with van der Waals surface area (Å²) in [6.07, 6.45) is 3.71. The van der Waals surface area contributed by atoms with E-state index in [1.54, 1.807) is 48.5 Å². The van der Waals surface area contributed by atoms with E-state index in [2.05, 4.69) is 0 Å². The van der Waals surface area contributed by atoms with E-state index >= 15 is 0 Å². The van der Waals surface area contributed by atoms with Gasteiger partial charge in [0.1, 0.15) is 0 Å². The highest BCUT2D eigenvalue weighted by Gasteiger charge is 2.13. The standard InChI is InChI=1S/C23H20O6S2/c1-30(26,27)20-10-6-16(7-11-20)14-22(23(24)25)19-5-3-4-18(15-19)17-8-12-21(13-9-17)31(2,28)29/h3-15H,1-2H3,(H,24,25)/b22-14+. The smallest absolute Gasteiger partial charge is 0.336 e. The van der Waals surface area contributed by atoms with Crippen molar-refractivity contribution in [3.8, 4) is 11.1 Å². The van der Waals surface area contributed by atoms with E-state index < -0.39 is 25.6 Å². The minimum absolute atomic E-state index is 0.0433. The van der Waals surface area contributed by atoms with Gasteiger partial charge >= 0.3 is 5.97 Å². The molecule has 3 rings (SSSR count). The lowest BCUT2D eigenvalue weighted by Crippen LogP contribution is -2.00. The number of aliphatic carboxylic acids is 1. The van der Waals surface area contributed by atoms with E-state index in [0.29, 0.717) is 11.1 Å². The van der Waals surface area contributed by atoms with Crippen LogP contribution >= 0.6 is 0 Å². The normalized spacial score (nSPS) is 12.5. The molecule has 0 aromatic heterocycles. The number of carboxylic acid groups (broad SMARTS) is 1. The van der Waals surface area contributed by atoms with Crippen LogP contribution in [0.5, 0.6) is 0 Å². The zero-order valence-electron chi connectivity index (χ0n) is 16.8. The lowest BCUT2D eigenvalue weighted by Gasteiger charge is -2.08. The predicted molar refractivity (Wildman–Crippen MR) is 120 cm³/mol. The van der Waals surface area contributed by atoms with Crippen LogP contribution in [0.1, 0.15) is 11.1 Å². The molecular weight excluding hydrogens is 436 g/mol. The first-order valence-electron chi connectivity index (χ1n) is 9.11.